The van der Waals surface area contributed by atoms with Crippen molar-refractivity contribution in [2.24, 2.45) is 0 Å². The first-order valence-corrected chi connectivity index (χ1v) is 5.60. The first-order valence-electron chi connectivity index (χ1n) is 5.60. The second kappa shape index (κ2) is 6.80. The standard InChI is InChI=1S/C11H23NO3/c1-4-6-9(10(14)15)12-11(3,5-2)7-8-13/h9,12-13H,4-8H2,1-3H3,(H,14,15). The molecule has 0 aliphatic rings. The van der Waals surface area contributed by atoms with Gasteiger partial charge in [-0.2, -0.15) is 0 Å². The lowest BCUT2D eigenvalue weighted by atomic mass is 9.93. The fourth-order valence-corrected chi connectivity index (χ4v) is 1.56. The van der Waals surface area contributed by atoms with Gasteiger partial charge in [-0.1, -0.05) is 20.3 Å². The lowest BCUT2D eigenvalue weighted by Crippen LogP contribution is -2.51. The number of aliphatic hydroxyl groups excluding tert-OH is 1. The van der Waals surface area contributed by atoms with Crippen molar-refractivity contribution in [3.63, 3.8) is 0 Å². The van der Waals surface area contributed by atoms with Crippen LogP contribution >= 0.6 is 0 Å². The molecule has 0 spiro atoms. The molecule has 0 aromatic carbocycles. The summed E-state index contributed by atoms with van der Waals surface area (Å²) in [6.07, 6.45) is 2.84. The molecule has 2 atom stereocenters. The number of carboxylic acids is 1. The largest absolute Gasteiger partial charge is 0.480 e. The Balaban J connectivity index is 4.39. The second-order valence-electron chi connectivity index (χ2n) is 4.21. The van der Waals surface area contributed by atoms with Gasteiger partial charge in [-0.05, 0) is 26.2 Å². The van der Waals surface area contributed by atoms with E-state index in [4.69, 9.17) is 10.2 Å². The average Bonchev–Trinajstić information content (AvgIpc) is 2.17. The highest BCUT2D eigenvalue weighted by Gasteiger charge is 2.27. The van der Waals surface area contributed by atoms with Gasteiger partial charge in [0, 0.05) is 12.1 Å². The summed E-state index contributed by atoms with van der Waals surface area (Å²) in [5.74, 6) is -0.811. The number of hydrogen-bond donors (Lipinski definition) is 3. The average molecular weight is 217 g/mol. The summed E-state index contributed by atoms with van der Waals surface area (Å²) in [6, 6.07) is -0.508. The number of rotatable bonds is 8. The van der Waals surface area contributed by atoms with Crippen molar-refractivity contribution in [1.82, 2.24) is 5.32 Å². The molecule has 15 heavy (non-hydrogen) atoms. The lowest BCUT2D eigenvalue weighted by Gasteiger charge is -2.32. The second-order valence-corrected chi connectivity index (χ2v) is 4.21. The summed E-state index contributed by atoms with van der Waals surface area (Å²) < 4.78 is 0. The minimum atomic E-state index is -0.811. The van der Waals surface area contributed by atoms with Crippen LogP contribution in [0.1, 0.15) is 46.5 Å². The quantitative estimate of drug-likeness (QED) is 0.574. The molecule has 0 radical (unpaired) electrons. The molecule has 0 aliphatic heterocycles. The number of aliphatic carboxylic acids is 1. The maximum absolute atomic E-state index is 11.0. The Morgan fingerprint density at radius 3 is 2.40 bits per heavy atom. The normalized spacial score (nSPS) is 17.1. The maximum Gasteiger partial charge on any atom is 0.320 e. The molecule has 0 fully saturated rings. The van der Waals surface area contributed by atoms with Crippen LogP contribution in [0.5, 0.6) is 0 Å². The van der Waals surface area contributed by atoms with Gasteiger partial charge < -0.3 is 10.2 Å². The monoisotopic (exact) mass is 217 g/mol. The molecule has 4 nitrogen and oxygen atoms in total. The summed E-state index contributed by atoms with van der Waals surface area (Å²) >= 11 is 0. The van der Waals surface area contributed by atoms with Gasteiger partial charge in [0.25, 0.3) is 0 Å². The molecule has 0 aromatic heterocycles. The Hall–Kier alpha value is -0.610. The van der Waals surface area contributed by atoms with Crippen molar-refractivity contribution < 1.29 is 15.0 Å². The zero-order valence-electron chi connectivity index (χ0n) is 9.92. The predicted octanol–water partition coefficient (Wildman–Crippen LogP) is 1.38. The van der Waals surface area contributed by atoms with Crippen LogP contribution in [0, 0.1) is 0 Å². The van der Waals surface area contributed by atoms with Crippen LogP contribution in [-0.2, 0) is 4.79 Å². The van der Waals surface area contributed by atoms with Crippen molar-refractivity contribution >= 4 is 5.97 Å². The number of aliphatic hydroxyl groups is 1. The topological polar surface area (TPSA) is 69.6 Å². The molecule has 4 heteroatoms. The molecular weight excluding hydrogens is 194 g/mol. The summed E-state index contributed by atoms with van der Waals surface area (Å²) in [5.41, 5.74) is -0.285. The third-order valence-electron chi connectivity index (χ3n) is 2.84. The van der Waals surface area contributed by atoms with Crippen LogP contribution < -0.4 is 5.32 Å². The van der Waals surface area contributed by atoms with E-state index in [-0.39, 0.29) is 12.1 Å². The van der Waals surface area contributed by atoms with Crippen LogP contribution in [0.15, 0.2) is 0 Å². The molecule has 3 N–H and O–H groups in total. The number of carboxylic acid groups (broad SMARTS) is 1. The fraction of sp³-hybridized carbons (Fsp3) is 0.909. The third-order valence-corrected chi connectivity index (χ3v) is 2.84. The smallest absolute Gasteiger partial charge is 0.320 e. The lowest BCUT2D eigenvalue weighted by molar-refractivity contribution is -0.140. The SMILES string of the molecule is CCCC(NC(C)(CC)CCO)C(=O)O. The predicted molar refractivity (Wildman–Crippen MR) is 59.9 cm³/mol. The van der Waals surface area contributed by atoms with E-state index >= 15 is 0 Å². The Morgan fingerprint density at radius 1 is 1.47 bits per heavy atom. The van der Waals surface area contributed by atoms with Crippen molar-refractivity contribution in [3.05, 3.63) is 0 Å². The van der Waals surface area contributed by atoms with Crippen molar-refractivity contribution in [1.29, 1.82) is 0 Å². The molecule has 0 bridgehead atoms. The van der Waals surface area contributed by atoms with Gasteiger partial charge in [0.05, 0.1) is 0 Å². The minimum Gasteiger partial charge on any atom is -0.480 e. The van der Waals surface area contributed by atoms with E-state index in [1.54, 1.807) is 0 Å². The molecule has 0 aromatic rings. The van der Waals surface area contributed by atoms with Crippen LogP contribution in [0.25, 0.3) is 0 Å². The number of nitrogens with one attached hydrogen (secondary N) is 1. The summed E-state index contributed by atoms with van der Waals surface area (Å²) in [5, 5.41) is 21.1. The van der Waals surface area contributed by atoms with E-state index in [9.17, 15) is 4.79 Å². The van der Waals surface area contributed by atoms with Gasteiger partial charge >= 0.3 is 5.97 Å². The van der Waals surface area contributed by atoms with Gasteiger partial charge in [0.2, 0.25) is 0 Å². The first-order chi connectivity index (χ1) is 6.99. The molecule has 0 rings (SSSR count). The van der Waals surface area contributed by atoms with E-state index in [1.165, 1.54) is 0 Å². The number of carbonyl (C=O) groups is 1. The van der Waals surface area contributed by atoms with Crippen LogP contribution in [0.4, 0.5) is 0 Å². The Morgan fingerprint density at radius 2 is 2.07 bits per heavy atom. The molecule has 90 valence electrons. The first kappa shape index (κ1) is 14.4. The van der Waals surface area contributed by atoms with E-state index in [1.807, 2.05) is 20.8 Å². The van der Waals surface area contributed by atoms with E-state index in [0.717, 1.165) is 12.8 Å². The van der Waals surface area contributed by atoms with Crippen molar-refractivity contribution in [2.75, 3.05) is 6.61 Å². The van der Waals surface area contributed by atoms with Gasteiger partial charge in [0.1, 0.15) is 6.04 Å². The highest BCUT2D eigenvalue weighted by atomic mass is 16.4. The summed E-state index contributed by atoms with van der Waals surface area (Å²) in [7, 11) is 0. The molecular formula is C11H23NO3. The molecule has 2 unspecified atom stereocenters. The van der Waals surface area contributed by atoms with E-state index < -0.39 is 12.0 Å². The minimum absolute atomic E-state index is 0.0792. The molecule has 0 aliphatic carbocycles. The number of hydrogen-bond acceptors (Lipinski definition) is 3. The van der Waals surface area contributed by atoms with Crippen LogP contribution in [0.2, 0.25) is 0 Å². The molecule has 0 amide bonds. The third kappa shape index (κ3) is 5.14. The van der Waals surface area contributed by atoms with Gasteiger partial charge in [-0.15, -0.1) is 0 Å². The van der Waals surface area contributed by atoms with E-state index in [2.05, 4.69) is 5.32 Å². The van der Waals surface area contributed by atoms with Crippen molar-refractivity contribution in [3.8, 4) is 0 Å². The van der Waals surface area contributed by atoms with E-state index in [0.29, 0.717) is 12.8 Å². The molecule has 0 saturated heterocycles. The fourth-order valence-electron chi connectivity index (χ4n) is 1.56. The highest BCUT2D eigenvalue weighted by molar-refractivity contribution is 5.73. The zero-order valence-corrected chi connectivity index (χ0v) is 9.92. The zero-order chi connectivity index (χ0) is 11.9. The summed E-state index contributed by atoms with van der Waals surface area (Å²) in [6.45, 7) is 5.99. The Bertz CT molecular complexity index is 196. The Labute approximate surface area is 91.7 Å². The van der Waals surface area contributed by atoms with Gasteiger partial charge in [-0.3, -0.25) is 10.1 Å². The van der Waals surface area contributed by atoms with Crippen molar-refractivity contribution in [2.45, 2.75) is 58.0 Å². The van der Waals surface area contributed by atoms with Gasteiger partial charge in [0.15, 0.2) is 0 Å². The molecule has 0 saturated carbocycles. The highest BCUT2D eigenvalue weighted by Crippen LogP contribution is 2.16. The van der Waals surface area contributed by atoms with Crippen LogP contribution in [0.3, 0.4) is 0 Å². The maximum atomic E-state index is 11.0. The summed E-state index contributed by atoms with van der Waals surface area (Å²) in [4.78, 5) is 11.0. The van der Waals surface area contributed by atoms with Gasteiger partial charge in [-0.25, -0.2) is 0 Å². The molecule has 0 heterocycles. The Kier molecular flexibility index (Phi) is 6.52. The van der Waals surface area contributed by atoms with Crippen LogP contribution in [-0.4, -0.2) is 34.4 Å².